The lowest BCUT2D eigenvalue weighted by Crippen LogP contribution is -2.32. The molecule has 0 saturated carbocycles. The van der Waals surface area contributed by atoms with Gasteiger partial charge in [0.15, 0.2) is 37.2 Å². The summed E-state index contributed by atoms with van der Waals surface area (Å²) >= 11 is 0. The van der Waals surface area contributed by atoms with Crippen LogP contribution in [0.15, 0.2) is 184 Å². The van der Waals surface area contributed by atoms with Gasteiger partial charge in [-0.1, -0.05) is 27.7 Å². The molecular weight excluding hydrogens is 737 g/mol. The van der Waals surface area contributed by atoms with Gasteiger partial charge in [0.25, 0.3) is 0 Å². The van der Waals surface area contributed by atoms with Crippen molar-refractivity contribution in [2.75, 3.05) is 6.54 Å². The van der Waals surface area contributed by atoms with E-state index in [1.165, 1.54) is 0 Å². The van der Waals surface area contributed by atoms with Crippen LogP contribution in [-0.2, 0) is 19.6 Å². The SMILES string of the molecule is CCCN1C=CC(=C2C3=NC(=C(c4cc[n+](CCC)cc4)C4=NC(=C(c5cc[n+](CCC)cc5)C5=NC(=C(c6cc[n+](CCC)cc6)c6ccc2[nH]6)C=C5)C=C4)C=C3)C=C1. The molecule has 5 aliphatic heterocycles. The van der Waals surface area contributed by atoms with Gasteiger partial charge in [0.2, 0.25) is 0 Å². The highest BCUT2D eigenvalue weighted by atomic mass is 15.1. The Morgan fingerprint density at radius 3 is 1.23 bits per heavy atom. The minimum atomic E-state index is 0.872. The third kappa shape index (κ3) is 7.73. The molecule has 0 amide bonds. The summed E-state index contributed by atoms with van der Waals surface area (Å²) in [5.74, 6) is 0. The van der Waals surface area contributed by atoms with Gasteiger partial charge in [-0.15, -0.1) is 0 Å². The van der Waals surface area contributed by atoms with Crippen molar-refractivity contribution >= 4 is 39.4 Å². The molecule has 9 rings (SSSR count). The molecule has 298 valence electrons. The molecule has 9 heterocycles. The largest absolute Gasteiger partial charge is 0.354 e. The van der Waals surface area contributed by atoms with Crippen molar-refractivity contribution in [2.24, 2.45) is 15.0 Å². The molecule has 0 radical (unpaired) electrons. The fourth-order valence-electron chi connectivity index (χ4n) is 8.47. The normalized spacial score (nSPS) is 16.9. The van der Waals surface area contributed by atoms with Gasteiger partial charge >= 0.3 is 0 Å². The van der Waals surface area contributed by atoms with Crippen LogP contribution in [0.3, 0.4) is 0 Å². The molecule has 0 aromatic carbocycles. The molecule has 0 fully saturated rings. The van der Waals surface area contributed by atoms with Crippen molar-refractivity contribution in [1.82, 2.24) is 9.88 Å². The zero-order chi connectivity index (χ0) is 41.0. The summed E-state index contributed by atoms with van der Waals surface area (Å²) in [4.78, 5) is 22.6. The number of aliphatic imine (C=N–C) groups is 3. The van der Waals surface area contributed by atoms with Gasteiger partial charge in [-0.2, -0.15) is 0 Å². The second-order valence-electron chi connectivity index (χ2n) is 15.7. The third-order valence-electron chi connectivity index (χ3n) is 11.3. The summed E-state index contributed by atoms with van der Waals surface area (Å²) in [6.07, 6.45) is 39.0. The molecule has 4 aromatic rings. The number of allylic oxidation sites excluding steroid dienone is 12. The van der Waals surface area contributed by atoms with Crippen LogP contribution in [0.4, 0.5) is 0 Å². The molecule has 0 unspecified atom stereocenters. The summed E-state index contributed by atoms with van der Waals surface area (Å²) in [7, 11) is 0. The van der Waals surface area contributed by atoms with Crippen molar-refractivity contribution in [3.63, 3.8) is 0 Å². The Morgan fingerprint density at radius 2 is 0.817 bits per heavy atom. The first-order valence-electron chi connectivity index (χ1n) is 21.6. The third-order valence-corrected chi connectivity index (χ3v) is 11.3. The maximum atomic E-state index is 5.48. The van der Waals surface area contributed by atoms with E-state index >= 15 is 0 Å². The lowest BCUT2D eigenvalue weighted by Gasteiger charge is -2.19. The Kier molecular flexibility index (Phi) is 11.1. The van der Waals surface area contributed by atoms with Gasteiger partial charge in [0.1, 0.15) is 19.6 Å². The number of nitrogens with one attached hydrogen (secondary N) is 1. The van der Waals surface area contributed by atoms with Gasteiger partial charge < -0.3 is 9.88 Å². The molecule has 8 bridgehead atoms. The Bertz CT molecular complexity index is 2680. The van der Waals surface area contributed by atoms with Crippen LogP contribution in [0, 0.1) is 0 Å². The van der Waals surface area contributed by atoms with Crippen LogP contribution >= 0.6 is 0 Å². The summed E-state index contributed by atoms with van der Waals surface area (Å²) in [5, 5.41) is 0. The maximum Gasteiger partial charge on any atom is 0.169 e. The van der Waals surface area contributed by atoms with Gasteiger partial charge in [-0.25, -0.2) is 28.7 Å². The van der Waals surface area contributed by atoms with Crippen molar-refractivity contribution in [3.05, 3.63) is 197 Å². The topological polar surface area (TPSA) is 67.8 Å². The van der Waals surface area contributed by atoms with Gasteiger partial charge in [0, 0.05) is 108 Å². The fourth-order valence-corrected chi connectivity index (χ4v) is 8.47. The number of aromatic amines is 1. The van der Waals surface area contributed by atoms with Gasteiger partial charge in [-0.3, -0.25) is 0 Å². The molecule has 4 aromatic heterocycles. The monoisotopic (exact) mass is 789 g/mol. The predicted molar refractivity (Wildman–Crippen MR) is 243 cm³/mol. The highest BCUT2D eigenvalue weighted by Crippen LogP contribution is 2.38. The first-order chi connectivity index (χ1) is 29.5. The van der Waals surface area contributed by atoms with E-state index in [4.69, 9.17) is 15.0 Å². The molecule has 0 saturated heterocycles. The number of rotatable bonds is 11. The van der Waals surface area contributed by atoms with E-state index < -0.39 is 0 Å². The van der Waals surface area contributed by atoms with Gasteiger partial charge in [-0.05, 0) is 89.4 Å². The molecule has 0 atom stereocenters. The van der Waals surface area contributed by atoms with E-state index in [9.17, 15) is 0 Å². The Labute approximate surface area is 353 Å². The number of fused-ring (bicyclic) bond motifs is 5. The molecule has 5 aliphatic rings. The number of aryl methyl sites for hydroxylation is 3. The summed E-state index contributed by atoms with van der Waals surface area (Å²) in [6, 6.07) is 17.6. The minimum Gasteiger partial charge on any atom is -0.354 e. The molecule has 1 N–H and O–H groups in total. The minimum absolute atomic E-state index is 0.872. The average Bonchev–Trinajstić information content (AvgIpc) is 4.12. The zero-order valence-electron chi connectivity index (χ0n) is 35.1. The Morgan fingerprint density at radius 1 is 0.433 bits per heavy atom. The maximum absolute atomic E-state index is 5.48. The lowest BCUT2D eigenvalue weighted by molar-refractivity contribution is -0.697. The van der Waals surface area contributed by atoms with Crippen LogP contribution in [0.25, 0.3) is 22.3 Å². The van der Waals surface area contributed by atoms with Gasteiger partial charge in [0.05, 0.1) is 34.2 Å². The molecule has 60 heavy (non-hydrogen) atoms. The van der Waals surface area contributed by atoms with Crippen molar-refractivity contribution in [3.8, 4) is 0 Å². The van der Waals surface area contributed by atoms with Crippen LogP contribution in [0.2, 0.25) is 0 Å². The second-order valence-corrected chi connectivity index (χ2v) is 15.7. The van der Waals surface area contributed by atoms with E-state index in [0.717, 1.165) is 142 Å². The quantitative estimate of drug-likeness (QED) is 0.151. The second kappa shape index (κ2) is 17.2. The Hall–Kier alpha value is -6.80. The summed E-state index contributed by atoms with van der Waals surface area (Å²) in [5.41, 5.74) is 15.7. The highest BCUT2D eigenvalue weighted by molar-refractivity contribution is 6.37. The zero-order valence-corrected chi connectivity index (χ0v) is 35.1. The average molecular weight is 790 g/mol. The standard InChI is InChI=1S/C52H53N8/c1-5-25-57-29-17-37(18-30-57)49-41-9-11-43(53-41)50(38-19-31-58(26-6-2)32-20-38)45-13-15-47(55-45)52(40-23-35-60(28-8-4)36-24-40)48-16-14-46(56-48)51(44-12-10-42(49)54-44)39-21-33-59(27-7-3)34-22-39/h9-24,29-36,53H,5-8,25-28H2,1-4H3/q+3. The van der Waals surface area contributed by atoms with E-state index in [0.29, 0.717) is 0 Å². The van der Waals surface area contributed by atoms with E-state index in [1.807, 2.05) is 0 Å². The van der Waals surface area contributed by atoms with Crippen molar-refractivity contribution in [2.45, 2.75) is 73.0 Å². The highest BCUT2D eigenvalue weighted by Gasteiger charge is 2.27. The van der Waals surface area contributed by atoms with Crippen LogP contribution in [0.1, 0.15) is 81.5 Å². The van der Waals surface area contributed by atoms with E-state index in [-0.39, 0.29) is 0 Å². The first-order valence-corrected chi connectivity index (χ1v) is 21.6. The lowest BCUT2D eigenvalue weighted by atomic mass is 9.98. The van der Waals surface area contributed by atoms with Crippen molar-refractivity contribution < 1.29 is 13.7 Å². The predicted octanol–water partition coefficient (Wildman–Crippen LogP) is 9.24. The fraction of sp³-hybridized carbons (Fsp3) is 0.231. The number of hydrogen-bond acceptors (Lipinski definition) is 4. The Balaban J connectivity index is 1.31. The number of hydrogen-bond donors (Lipinski definition) is 1. The molecule has 8 heteroatoms. The van der Waals surface area contributed by atoms with Crippen LogP contribution in [0.5, 0.6) is 0 Å². The summed E-state index contributed by atoms with van der Waals surface area (Å²) in [6.45, 7) is 12.7. The molecule has 0 spiro atoms. The number of aromatic nitrogens is 4. The number of nitrogens with zero attached hydrogens (tertiary/aromatic N) is 7. The number of H-pyrrole nitrogens is 1. The van der Waals surface area contributed by atoms with Crippen LogP contribution < -0.4 is 13.7 Å². The number of pyridine rings is 3. The first kappa shape index (κ1) is 38.7. The molecule has 0 aliphatic carbocycles. The van der Waals surface area contributed by atoms with E-state index in [2.05, 4.69) is 198 Å². The van der Waals surface area contributed by atoms with Crippen molar-refractivity contribution in [1.29, 1.82) is 0 Å². The van der Waals surface area contributed by atoms with Crippen LogP contribution in [-0.4, -0.2) is 33.6 Å². The van der Waals surface area contributed by atoms with E-state index in [1.54, 1.807) is 0 Å². The molecule has 8 nitrogen and oxygen atoms in total. The molecular formula is C52H53N8+3. The summed E-state index contributed by atoms with van der Waals surface area (Å²) < 4.78 is 6.70. The smallest absolute Gasteiger partial charge is 0.169 e.